The number of nitrogens with zero attached hydrogens (tertiary/aromatic N) is 1. The molecule has 0 spiro atoms. The van der Waals surface area contributed by atoms with Crippen molar-refractivity contribution in [2.75, 3.05) is 19.8 Å². The first kappa shape index (κ1) is 18.3. The van der Waals surface area contributed by atoms with E-state index in [1.807, 2.05) is 32.6 Å². The Morgan fingerprint density at radius 2 is 1.87 bits per heavy atom. The largest absolute Gasteiger partial charge is 0.444 e. The van der Waals surface area contributed by atoms with Gasteiger partial charge in [0.1, 0.15) is 5.60 Å². The molecule has 0 aromatic heterocycles. The minimum atomic E-state index is -0.424. The highest BCUT2D eigenvalue weighted by Crippen LogP contribution is 2.36. The maximum Gasteiger partial charge on any atom is 0.410 e. The first-order valence-corrected chi connectivity index (χ1v) is 8.73. The molecule has 2 bridgehead atoms. The van der Waals surface area contributed by atoms with Crippen LogP contribution in [0.15, 0.2) is 12.2 Å². The summed E-state index contributed by atoms with van der Waals surface area (Å²) in [7, 11) is 0. The summed E-state index contributed by atoms with van der Waals surface area (Å²) < 4.78 is 11.1. The molecule has 23 heavy (non-hydrogen) atoms. The molecule has 0 aliphatic carbocycles. The van der Waals surface area contributed by atoms with Crippen molar-refractivity contribution in [3.8, 4) is 0 Å². The van der Waals surface area contributed by atoms with Crippen molar-refractivity contribution in [1.82, 2.24) is 10.2 Å². The zero-order chi connectivity index (χ0) is 17.0. The Morgan fingerprint density at radius 3 is 2.39 bits per heavy atom. The second kappa shape index (κ2) is 7.67. The third kappa shape index (κ3) is 5.50. The topological polar surface area (TPSA) is 50.8 Å². The van der Waals surface area contributed by atoms with Gasteiger partial charge in [-0.2, -0.15) is 0 Å². The molecule has 2 heterocycles. The number of hydrogen-bond donors (Lipinski definition) is 1. The highest BCUT2D eigenvalue weighted by molar-refractivity contribution is 5.69. The number of hydrogen-bond acceptors (Lipinski definition) is 4. The van der Waals surface area contributed by atoms with E-state index < -0.39 is 5.60 Å². The van der Waals surface area contributed by atoms with Crippen LogP contribution in [0, 0.1) is 0 Å². The van der Waals surface area contributed by atoms with Crippen molar-refractivity contribution in [3.63, 3.8) is 0 Å². The van der Waals surface area contributed by atoms with Crippen molar-refractivity contribution < 1.29 is 14.3 Å². The van der Waals surface area contributed by atoms with Crippen molar-refractivity contribution in [1.29, 1.82) is 0 Å². The highest BCUT2D eigenvalue weighted by atomic mass is 16.6. The average molecular weight is 324 g/mol. The molecule has 2 aliphatic rings. The van der Waals surface area contributed by atoms with Gasteiger partial charge in [-0.3, -0.25) is 0 Å². The Morgan fingerprint density at radius 1 is 1.26 bits per heavy atom. The zero-order valence-electron chi connectivity index (χ0n) is 15.1. The molecule has 2 unspecified atom stereocenters. The fourth-order valence-electron chi connectivity index (χ4n) is 3.54. The number of carbonyl (C=O) groups is 1. The Kier molecular flexibility index (Phi) is 6.09. The van der Waals surface area contributed by atoms with Gasteiger partial charge in [0.15, 0.2) is 0 Å². The second-order valence-electron chi connectivity index (χ2n) is 7.90. The maximum atomic E-state index is 12.4. The van der Waals surface area contributed by atoms with Crippen LogP contribution in [0.4, 0.5) is 4.79 Å². The van der Waals surface area contributed by atoms with Crippen molar-refractivity contribution in [2.45, 2.75) is 77.1 Å². The van der Waals surface area contributed by atoms with Crippen LogP contribution in [0.25, 0.3) is 0 Å². The van der Waals surface area contributed by atoms with Gasteiger partial charge in [-0.15, -0.1) is 0 Å². The standard InChI is InChI=1S/C18H32N2O3/c1-13(2)12-22-9-8-19-14-10-15-6-7-16(11-14)20(15)17(21)23-18(3,4)5/h14-16,19H,1,6-12H2,2-5H3. The summed E-state index contributed by atoms with van der Waals surface area (Å²) in [6.07, 6.45) is 4.06. The summed E-state index contributed by atoms with van der Waals surface area (Å²) in [5, 5.41) is 3.57. The molecule has 5 nitrogen and oxygen atoms in total. The Hall–Kier alpha value is -1.07. The Labute approximate surface area is 140 Å². The van der Waals surface area contributed by atoms with Crippen molar-refractivity contribution >= 4 is 6.09 Å². The van der Waals surface area contributed by atoms with E-state index in [0.29, 0.717) is 31.3 Å². The van der Waals surface area contributed by atoms with Gasteiger partial charge in [0.2, 0.25) is 0 Å². The monoisotopic (exact) mass is 324 g/mol. The SMILES string of the molecule is C=C(C)COCCNC1CC2CCC(C1)N2C(=O)OC(C)(C)C. The van der Waals surface area contributed by atoms with E-state index in [0.717, 1.165) is 37.8 Å². The molecule has 0 radical (unpaired) electrons. The number of carbonyl (C=O) groups excluding carboxylic acids is 1. The van der Waals surface area contributed by atoms with Crippen LogP contribution < -0.4 is 5.32 Å². The minimum absolute atomic E-state index is 0.145. The van der Waals surface area contributed by atoms with Gasteiger partial charge >= 0.3 is 6.09 Å². The summed E-state index contributed by atoms with van der Waals surface area (Å²) in [6.45, 7) is 13.7. The zero-order valence-corrected chi connectivity index (χ0v) is 15.1. The lowest BCUT2D eigenvalue weighted by Crippen LogP contribution is -2.52. The fourth-order valence-corrected chi connectivity index (χ4v) is 3.54. The summed E-state index contributed by atoms with van der Waals surface area (Å²) in [6, 6.07) is 1.11. The molecule has 2 fully saturated rings. The number of nitrogens with one attached hydrogen (secondary N) is 1. The van der Waals surface area contributed by atoms with Gasteiger partial charge in [0.25, 0.3) is 0 Å². The smallest absolute Gasteiger partial charge is 0.410 e. The van der Waals surface area contributed by atoms with Crippen LogP contribution in [0.3, 0.4) is 0 Å². The van der Waals surface area contributed by atoms with Gasteiger partial charge in [0, 0.05) is 24.7 Å². The van der Waals surface area contributed by atoms with E-state index in [1.54, 1.807) is 0 Å². The first-order valence-electron chi connectivity index (χ1n) is 8.73. The van der Waals surface area contributed by atoms with E-state index in [2.05, 4.69) is 11.9 Å². The summed E-state index contributed by atoms with van der Waals surface area (Å²) >= 11 is 0. The normalized spacial score (nSPS) is 27.1. The first-order chi connectivity index (χ1) is 10.8. The number of amides is 1. The fraction of sp³-hybridized carbons (Fsp3) is 0.833. The number of fused-ring (bicyclic) bond motifs is 2. The van der Waals surface area contributed by atoms with Gasteiger partial charge < -0.3 is 19.7 Å². The molecule has 1 amide bonds. The van der Waals surface area contributed by atoms with E-state index in [1.165, 1.54) is 0 Å². The van der Waals surface area contributed by atoms with Crippen LogP contribution in [0.1, 0.15) is 53.4 Å². The van der Waals surface area contributed by atoms with Gasteiger partial charge in [-0.1, -0.05) is 12.2 Å². The van der Waals surface area contributed by atoms with Crippen LogP contribution in [0.2, 0.25) is 0 Å². The lowest BCUT2D eigenvalue weighted by molar-refractivity contribution is 0.00443. The molecule has 5 heteroatoms. The molecule has 0 aromatic carbocycles. The molecule has 2 saturated heterocycles. The lowest BCUT2D eigenvalue weighted by Gasteiger charge is -2.39. The summed E-state index contributed by atoms with van der Waals surface area (Å²) in [5.41, 5.74) is 0.625. The molecule has 132 valence electrons. The van der Waals surface area contributed by atoms with Gasteiger partial charge in [-0.25, -0.2) is 4.79 Å². The Balaban J connectivity index is 1.76. The molecule has 2 atom stereocenters. The summed E-state index contributed by atoms with van der Waals surface area (Å²) in [4.78, 5) is 14.4. The van der Waals surface area contributed by atoms with Crippen LogP contribution in [0.5, 0.6) is 0 Å². The van der Waals surface area contributed by atoms with E-state index in [9.17, 15) is 4.79 Å². The van der Waals surface area contributed by atoms with Crippen molar-refractivity contribution in [2.24, 2.45) is 0 Å². The van der Waals surface area contributed by atoms with Gasteiger partial charge in [-0.05, 0) is 53.4 Å². The lowest BCUT2D eigenvalue weighted by atomic mass is 9.98. The minimum Gasteiger partial charge on any atom is -0.444 e. The molecule has 2 rings (SSSR count). The summed E-state index contributed by atoms with van der Waals surface area (Å²) in [5.74, 6) is 0. The average Bonchev–Trinajstić information content (AvgIpc) is 2.68. The van der Waals surface area contributed by atoms with Crippen LogP contribution >= 0.6 is 0 Å². The number of rotatable bonds is 6. The number of ether oxygens (including phenoxy) is 2. The van der Waals surface area contributed by atoms with Crippen LogP contribution in [-0.4, -0.2) is 54.5 Å². The van der Waals surface area contributed by atoms with E-state index in [4.69, 9.17) is 9.47 Å². The van der Waals surface area contributed by atoms with Gasteiger partial charge in [0.05, 0.1) is 13.2 Å². The van der Waals surface area contributed by atoms with E-state index >= 15 is 0 Å². The third-order valence-electron chi connectivity index (χ3n) is 4.37. The predicted octanol–water partition coefficient (Wildman–Crippen LogP) is 3.10. The van der Waals surface area contributed by atoms with E-state index in [-0.39, 0.29) is 6.09 Å². The highest BCUT2D eigenvalue weighted by Gasteiger charge is 2.44. The molecule has 1 N–H and O–H groups in total. The Bertz CT molecular complexity index is 416. The van der Waals surface area contributed by atoms with Crippen molar-refractivity contribution in [3.05, 3.63) is 12.2 Å². The van der Waals surface area contributed by atoms with Crippen LogP contribution in [-0.2, 0) is 9.47 Å². The molecule has 0 aromatic rings. The predicted molar refractivity (Wildman–Crippen MR) is 91.5 cm³/mol. The molecular weight excluding hydrogens is 292 g/mol. The quantitative estimate of drug-likeness (QED) is 0.602. The molecular formula is C18H32N2O3. The molecule has 2 aliphatic heterocycles. The molecule has 0 saturated carbocycles. The third-order valence-corrected chi connectivity index (χ3v) is 4.37. The maximum absolute atomic E-state index is 12.4. The second-order valence-corrected chi connectivity index (χ2v) is 7.90. The number of piperidine rings is 1.